The minimum absolute atomic E-state index is 0.130. The largest absolute Gasteiger partial charge is 0.492 e. The number of hydrogen-bond donors (Lipinski definition) is 1. The molecule has 0 fully saturated rings. The molecule has 2 aromatic rings. The molecule has 0 aromatic heterocycles. The molecule has 0 bridgehead atoms. The van der Waals surface area contributed by atoms with Crippen molar-refractivity contribution < 1.29 is 19.1 Å². The summed E-state index contributed by atoms with van der Waals surface area (Å²) in [4.78, 5) is 25.6. The van der Waals surface area contributed by atoms with E-state index in [1.165, 1.54) is 0 Å². The van der Waals surface area contributed by atoms with E-state index < -0.39 is 6.10 Å². The number of hydrogen-bond acceptors (Lipinski definition) is 4. The van der Waals surface area contributed by atoms with Gasteiger partial charge in [0.25, 0.3) is 5.91 Å². The first-order chi connectivity index (χ1) is 13.0. The molecule has 1 aliphatic heterocycles. The summed E-state index contributed by atoms with van der Waals surface area (Å²) in [5.74, 6) is 0.723. The summed E-state index contributed by atoms with van der Waals surface area (Å²) in [6.07, 6.45) is -0.615. The summed E-state index contributed by atoms with van der Waals surface area (Å²) in [6, 6.07) is 12.9. The quantitative estimate of drug-likeness (QED) is 0.770. The average molecular weight is 389 g/mol. The first-order valence-electron chi connectivity index (χ1n) is 8.65. The van der Waals surface area contributed by atoms with E-state index in [0.29, 0.717) is 30.3 Å². The zero-order valence-electron chi connectivity index (χ0n) is 15.2. The minimum Gasteiger partial charge on any atom is -0.492 e. The summed E-state index contributed by atoms with van der Waals surface area (Å²) < 4.78 is 11.4. The predicted octanol–water partition coefficient (Wildman–Crippen LogP) is 3.37. The van der Waals surface area contributed by atoms with E-state index in [-0.39, 0.29) is 17.7 Å². The molecule has 2 aromatic carbocycles. The second-order valence-corrected chi connectivity index (χ2v) is 6.54. The van der Waals surface area contributed by atoms with Crippen molar-refractivity contribution in [2.24, 2.45) is 0 Å². The Labute approximate surface area is 163 Å². The molecule has 1 atom stereocenters. The van der Waals surface area contributed by atoms with Gasteiger partial charge in [0, 0.05) is 11.8 Å². The van der Waals surface area contributed by atoms with Crippen LogP contribution in [0.5, 0.6) is 11.5 Å². The number of alkyl halides is 1. The van der Waals surface area contributed by atoms with Crippen molar-refractivity contribution in [1.82, 2.24) is 0 Å². The minimum atomic E-state index is -0.615. The van der Waals surface area contributed by atoms with E-state index in [1.807, 2.05) is 31.2 Å². The summed E-state index contributed by atoms with van der Waals surface area (Å²) in [5.41, 5.74) is 2.37. The van der Waals surface area contributed by atoms with Crippen LogP contribution in [0.1, 0.15) is 12.5 Å². The SMILES string of the molecule is Cc1ccc(OCCN2C(=O)C(C)Oc3cc(NC(=O)CCl)ccc32)cc1. The Balaban J connectivity index is 1.72. The van der Waals surface area contributed by atoms with Crippen LogP contribution in [0.4, 0.5) is 11.4 Å². The second-order valence-electron chi connectivity index (χ2n) is 6.28. The maximum atomic E-state index is 12.5. The number of carbonyl (C=O) groups is 2. The molecule has 7 heteroatoms. The standard InChI is InChI=1S/C20H21ClN2O4/c1-13-3-6-16(7-4-13)26-10-9-23-17-8-5-15(22-19(24)12-21)11-18(17)27-14(2)20(23)25/h3-8,11,14H,9-10,12H2,1-2H3,(H,22,24). The Morgan fingerprint density at radius 3 is 2.70 bits per heavy atom. The first-order valence-corrected chi connectivity index (χ1v) is 9.19. The number of nitrogens with zero attached hydrogens (tertiary/aromatic N) is 1. The molecule has 142 valence electrons. The van der Waals surface area contributed by atoms with Gasteiger partial charge in [-0.05, 0) is 38.1 Å². The number of halogens is 1. The normalized spacial score (nSPS) is 15.7. The van der Waals surface area contributed by atoms with E-state index >= 15 is 0 Å². The summed E-state index contributed by atoms with van der Waals surface area (Å²) >= 11 is 5.52. The first kappa shape index (κ1) is 19.0. The Bertz CT molecular complexity index is 838. The van der Waals surface area contributed by atoms with E-state index in [9.17, 15) is 9.59 Å². The number of benzene rings is 2. The lowest BCUT2D eigenvalue weighted by Gasteiger charge is -2.33. The van der Waals surface area contributed by atoms with Crippen molar-refractivity contribution in [1.29, 1.82) is 0 Å². The molecule has 2 amide bonds. The van der Waals surface area contributed by atoms with Gasteiger partial charge >= 0.3 is 0 Å². The van der Waals surface area contributed by atoms with Crippen LogP contribution < -0.4 is 19.7 Å². The van der Waals surface area contributed by atoms with Crippen molar-refractivity contribution in [2.75, 3.05) is 29.2 Å². The zero-order chi connectivity index (χ0) is 19.4. The predicted molar refractivity (Wildman–Crippen MR) is 105 cm³/mol. The summed E-state index contributed by atoms with van der Waals surface area (Å²) in [6.45, 7) is 4.45. The number of nitrogens with one attached hydrogen (secondary N) is 1. The second kappa shape index (κ2) is 8.31. The van der Waals surface area contributed by atoms with Crippen LogP contribution in [-0.2, 0) is 9.59 Å². The molecule has 27 heavy (non-hydrogen) atoms. The fraction of sp³-hybridized carbons (Fsp3) is 0.300. The fourth-order valence-corrected chi connectivity index (χ4v) is 2.87. The highest BCUT2D eigenvalue weighted by atomic mass is 35.5. The van der Waals surface area contributed by atoms with Gasteiger partial charge in [0.1, 0.15) is 24.0 Å². The molecule has 0 spiro atoms. The number of anilines is 2. The highest BCUT2D eigenvalue weighted by Crippen LogP contribution is 2.36. The van der Waals surface area contributed by atoms with Gasteiger partial charge in [-0.15, -0.1) is 11.6 Å². The van der Waals surface area contributed by atoms with Crippen LogP contribution in [0, 0.1) is 6.92 Å². The van der Waals surface area contributed by atoms with Crippen molar-refractivity contribution >= 4 is 34.8 Å². The van der Waals surface area contributed by atoms with E-state index in [0.717, 1.165) is 11.3 Å². The Morgan fingerprint density at radius 1 is 1.26 bits per heavy atom. The topological polar surface area (TPSA) is 67.9 Å². The van der Waals surface area contributed by atoms with Crippen LogP contribution in [0.25, 0.3) is 0 Å². The van der Waals surface area contributed by atoms with Crippen LogP contribution in [0.15, 0.2) is 42.5 Å². The lowest BCUT2D eigenvalue weighted by molar-refractivity contribution is -0.125. The Hall–Kier alpha value is -2.73. The molecule has 3 rings (SSSR count). The highest BCUT2D eigenvalue weighted by Gasteiger charge is 2.31. The van der Waals surface area contributed by atoms with Crippen molar-refractivity contribution in [3.63, 3.8) is 0 Å². The van der Waals surface area contributed by atoms with Gasteiger partial charge in [0.2, 0.25) is 5.91 Å². The van der Waals surface area contributed by atoms with Gasteiger partial charge in [0.15, 0.2) is 6.10 Å². The van der Waals surface area contributed by atoms with Crippen molar-refractivity contribution in [3.8, 4) is 11.5 Å². The van der Waals surface area contributed by atoms with Gasteiger partial charge in [0.05, 0.1) is 12.2 Å². The molecule has 1 aliphatic rings. The van der Waals surface area contributed by atoms with Gasteiger partial charge in [-0.3, -0.25) is 9.59 Å². The smallest absolute Gasteiger partial charge is 0.267 e. The number of ether oxygens (including phenoxy) is 2. The number of carbonyl (C=O) groups excluding carboxylic acids is 2. The monoisotopic (exact) mass is 388 g/mol. The third kappa shape index (κ3) is 4.52. The number of fused-ring (bicyclic) bond motifs is 1. The molecule has 0 aliphatic carbocycles. The third-order valence-electron chi connectivity index (χ3n) is 4.18. The lowest BCUT2D eigenvalue weighted by Crippen LogP contribution is -2.46. The average Bonchev–Trinajstić information content (AvgIpc) is 2.66. The number of aryl methyl sites for hydroxylation is 1. The van der Waals surface area contributed by atoms with Crippen molar-refractivity contribution in [3.05, 3.63) is 48.0 Å². The molecule has 0 radical (unpaired) electrons. The molecule has 0 saturated heterocycles. The molecule has 1 unspecified atom stereocenters. The van der Waals surface area contributed by atoms with E-state index in [1.54, 1.807) is 30.0 Å². The Kier molecular flexibility index (Phi) is 5.86. The molecule has 1 heterocycles. The molecule has 6 nitrogen and oxygen atoms in total. The molecule has 1 N–H and O–H groups in total. The molecule has 0 saturated carbocycles. The molecular weight excluding hydrogens is 368 g/mol. The maximum Gasteiger partial charge on any atom is 0.267 e. The maximum absolute atomic E-state index is 12.5. The van der Waals surface area contributed by atoms with Gasteiger partial charge in [-0.1, -0.05) is 17.7 Å². The number of rotatable bonds is 6. The third-order valence-corrected chi connectivity index (χ3v) is 4.42. The fourth-order valence-electron chi connectivity index (χ4n) is 2.80. The van der Waals surface area contributed by atoms with E-state index in [4.69, 9.17) is 21.1 Å². The number of amides is 2. The van der Waals surface area contributed by atoms with Crippen LogP contribution >= 0.6 is 11.6 Å². The lowest BCUT2D eigenvalue weighted by atomic mass is 10.1. The van der Waals surface area contributed by atoms with Gasteiger partial charge in [-0.2, -0.15) is 0 Å². The van der Waals surface area contributed by atoms with Crippen LogP contribution in [0.2, 0.25) is 0 Å². The molecular formula is C20H21ClN2O4. The van der Waals surface area contributed by atoms with E-state index in [2.05, 4.69) is 5.32 Å². The van der Waals surface area contributed by atoms with Gasteiger partial charge in [-0.25, -0.2) is 0 Å². The summed E-state index contributed by atoms with van der Waals surface area (Å²) in [7, 11) is 0. The summed E-state index contributed by atoms with van der Waals surface area (Å²) in [5, 5.41) is 2.67. The van der Waals surface area contributed by atoms with Crippen LogP contribution in [-0.4, -0.2) is 36.9 Å². The van der Waals surface area contributed by atoms with Crippen molar-refractivity contribution in [2.45, 2.75) is 20.0 Å². The zero-order valence-corrected chi connectivity index (χ0v) is 16.0. The van der Waals surface area contributed by atoms with Gasteiger partial charge < -0.3 is 19.7 Å². The Morgan fingerprint density at radius 2 is 2.00 bits per heavy atom. The highest BCUT2D eigenvalue weighted by molar-refractivity contribution is 6.29. The van der Waals surface area contributed by atoms with Crippen LogP contribution in [0.3, 0.4) is 0 Å².